The molecule has 2 unspecified atom stereocenters. The molecule has 12 heteroatoms. The van der Waals surface area contributed by atoms with Gasteiger partial charge in [0.15, 0.2) is 12.6 Å². The predicted octanol–water partition coefficient (Wildman–Crippen LogP) is 8.82. The van der Waals surface area contributed by atoms with E-state index in [0.29, 0.717) is 43.9 Å². The van der Waals surface area contributed by atoms with Crippen LogP contribution in [0.4, 0.5) is 39.5 Å². The summed E-state index contributed by atoms with van der Waals surface area (Å²) in [7, 11) is 0. The number of likely N-dealkylation sites (tertiary alicyclic amines) is 1. The first kappa shape index (κ1) is 30.9. The fourth-order valence-electron chi connectivity index (χ4n) is 6.11. The third kappa shape index (κ3) is 7.05. The van der Waals surface area contributed by atoms with Crippen LogP contribution in [0.2, 0.25) is 0 Å². The normalized spacial score (nSPS) is 29.2. The quantitative estimate of drug-likeness (QED) is 0.299. The lowest BCUT2D eigenvalue weighted by Crippen LogP contribution is -2.50. The van der Waals surface area contributed by atoms with Gasteiger partial charge in [0.1, 0.15) is 0 Å². The van der Waals surface area contributed by atoms with E-state index in [1.54, 1.807) is 18.7 Å². The lowest BCUT2D eigenvalue weighted by molar-refractivity contribution is -0.380. The summed E-state index contributed by atoms with van der Waals surface area (Å²) < 4.78 is 134. The number of rotatable bonds is 7. The van der Waals surface area contributed by atoms with E-state index in [9.17, 15) is 39.5 Å². The lowest BCUT2D eigenvalue weighted by atomic mass is 9.77. The van der Waals surface area contributed by atoms with Crippen LogP contribution < -0.4 is 0 Å². The number of hydrogen-bond donors (Lipinski definition) is 0. The van der Waals surface area contributed by atoms with Gasteiger partial charge in [0.2, 0.25) is 0 Å². The zero-order valence-electron chi connectivity index (χ0n) is 22.0. The predicted molar refractivity (Wildman–Crippen MR) is 129 cm³/mol. The number of nitrogens with zero attached hydrogens (tertiary/aromatic N) is 1. The highest BCUT2D eigenvalue weighted by Crippen LogP contribution is 2.46. The maximum absolute atomic E-state index is 14.1. The van der Waals surface area contributed by atoms with Gasteiger partial charge in [-0.1, -0.05) is 31.6 Å². The second kappa shape index (κ2) is 11.7. The molecule has 0 radical (unpaired) electrons. The van der Waals surface area contributed by atoms with Crippen LogP contribution in [0, 0.1) is 11.8 Å². The van der Waals surface area contributed by atoms with Crippen LogP contribution in [0.3, 0.4) is 0 Å². The average molecular weight is 586 g/mol. The Morgan fingerprint density at radius 1 is 0.975 bits per heavy atom. The third-order valence-corrected chi connectivity index (χ3v) is 7.97. The maximum Gasteiger partial charge on any atom is 0.416 e. The van der Waals surface area contributed by atoms with Gasteiger partial charge >= 0.3 is 18.5 Å². The lowest BCUT2D eigenvalue weighted by Gasteiger charge is -2.48. The molecular weight excluding hydrogens is 553 g/mol. The molecule has 1 aromatic carbocycles. The summed E-state index contributed by atoms with van der Waals surface area (Å²) in [4.78, 5) is 1.79. The van der Waals surface area contributed by atoms with E-state index in [1.807, 2.05) is 0 Å². The van der Waals surface area contributed by atoms with E-state index in [0.717, 1.165) is 12.2 Å². The molecule has 2 heterocycles. The number of allylic oxidation sites excluding steroid dienone is 3. The van der Waals surface area contributed by atoms with E-state index >= 15 is 0 Å². The van der Waals surface area contributed by atoms with Crippen LogP contribution in [0.25, 0.3) is 0 Å². The molecule has 2 aliphatic heterocycles. The number of piperidine rings is 1. The monoisotopic (exact) mass is 585 g/mol. The van der Waals surface area contributed by atoms with Crippen molar-refractivity contribution in [2.75, 3.05) is 6.54 Å². The van der Waals surface area contributed by atoms with E-state index in [1.165, 1.54) is 6.08 Å². The van der Waals surface area contributed by atoms with Gasteiger partial charge in [-0.3, -0.25) is 4.90 Å². The van der Waals surface area contributed by atoms with Crippen molar-refractivity contribution in [1.29, 1.82) is 0 Å². The summed E-state index contributed by atoms with van der Waals surface area (Å²) in [6.45, 7) is 3.75. The summed E-state index contributed by atoms with van der Waals surface area (Å²) in [6, 6.07) is 0.000282. The first-order valence-corrected chi connectivity index (χ1v) is 13.4. The van der Waals surface area contributed by atoms with E-state index in [4.69, 9.17) is 9.47 Å². The number of ether oxygens (including phenoxy) is 2. The van der Waals surface area contributed by atoms with Gasteiger partial charge in [-0.15, -0.1) is 0 Å². The van der Waals surface area contributed by atoms with Crippen molar-refractivity contribution in [2.24, 2.45) is 11.8 Å². The number of halogens is 9. The maximum atomic E-state index is 14.1. The van der Waals surface area contributed by atoms with Crippen LogP contribution in [-0.4, -0.2) is 36.2 Å². The molecular formula is C28H32F9NO2. The molecule has 0 bridgehead atoms. The van der Waals surface area contributed by atoms with Crippen LogP contribution in [-0.2, 0) is 21.8 Å². The average Bonchev–Trinajstić information content (AvgIpc) is 2.84. The second-order valence-corrected chi connectivity index (χ2v) is 10.7. The molecule has 2 saturated heterocycles. The molecule has 224 valence electrons. The SMILES string of the molecule is CCCC(c1cc(C(F)(F)F)ccc1C(F)(F)F)N1CC[C@H](CC2OC(C)O2)C[C@@H]1C1C=CC(C(F)(F)F)=CC1. The van der Waals surface area contributed by atoms with Crippen molar-refractivity contribution in [3.05, 3.63) is 58.7 Å². The summed E-state index contributed by atoms with van der Waals surface area (Å²) in [5, 5.41) is 0. The molecule has 1 aliphatic carbocycles. The summed E-state index contributed by atoms with van der Waals surface area (Å²) in [5.41, 5.74) is -3.57. The number of hydrogen-bond acceptors (Lipinski definition) is 3. The smallest absolute Gasteiger partial charge is 0.324 e. The number of alkyl halides is 9. The Morgan fingerprint density at radius 2 is 1.68 bits per heavy atom. The molecule has 0 spiro atoms. The molecule has 40 heavy (non-hydrogen) atoms. The van der Waals surface area contributed by atoms with Gasteiger partial charge in [-0.2, -0.15) is 39.5 Å². The van der Waals surface area contributed by atoms with E-state index in [2.05, 4.69) is 0 Å². The van der Waals surface area contributed by atoms with Crippen molar-refractivity contribution in [1.82, 2.24) is 4.90 Å². The van der Waals surface area contributed by atoms with Crippen LogP contribution in [0.5, 0.6) is 0 Å². The fourth-order valence-corrected chi connectivity index (χ4v) is 6.11. The Labute approximate surface area is 227 Å². The summed E-state index contributed by atoms with van der Waals surface area (Å²) in [6.07, 6.45) is -9.50. The molecule has 0 saturated carbocycles. The largest absolute Gasteiger partial charge is 0.416 e. The molecule has 4 rings (SSSR count). The van der Waals surface area contributed by atoms with Gasteiger partial charge in [0.05, 0.1) is 16.7 Å². The third-order valence-electron chi connectivity index (χ3n) is 7.97. The van der Waals surface area contributed by atoms with Gasteiger partial charge in [0, 0.05) is 18.5 Å². The molecule has 2 fully saturated rings. The summed E-state index contributed by atoms with van der Waals surface area (Å²) in [5.74, 6) is -0.443. The minimum atomic E-state index is -4.88. The Balaban J connectivity index is 1.71. The molecule has 1 aromatic rings. The topological polar surface area (TPSA) is 21.7 Å². The standard InChI is InChI=1S/C28H32F9NO2/c1-3-4-23(21-15-20(27(32,33)34)9-10-22(21)28(35,36)37)38-12-11-17(14-25-39-16(2)40-25)13-24(38)18-5-7-19(8-6-18)26(29,30)31/h5,7-10,15-18,23-25H,3-4,6,11-14H2,1-2H3/t16?,17-,18?,23?,24+,25?/m0/s1. The molecule has 0 N–H and O–H groups in total. The minimum Gasteiger partial charge on any atom is -0.324 e. The highest BCUT2D eigenvalue weighted by molar-refractivity contribution is 5.38. The Bertz CT molecular complexity index is 1090. The van der Waals surface area contributed by atoms with E-state index in [-0.39, 0.29) is 31.6 Å². The Morgan fingerprint density at radius 3 is 2.20 bits per heavy atom. The van der Waals surface area contributed by atoms with Gasteiger partial charge in [-0.05, 0) is 74.8 Å². The van der Waals surface area contributed by atoms with Gasteiger partial charge < -0.3 is 9.47 Å². The Hall–Kier alpha value is -2.05. The minimum absolute atomic E-state index is 0.0141. The summed E-state index contributed by atoms with van der Waals surface area (Å²) >= 11 is 0. The zero-order chi connectivity index (χ0) is 29.5. The van der Waals surface area contributed by atoms with Crippen molar-refractivity contribution in [3.63, 3.8) is 0 Å². The highest BCUT2D eigenvalue weighted by Gasteiger charge is 2.44. The van der Waals surface area contributed by atoms with Gasteiger partial charge in [0.25, 0.3) is 0 Å². The van der Waals surface area contributed by atoms with Crippen LogP contribution in [0.15, 0.2) is 42.0 Å². The Kier molecular flexibility index (Phi) is 9.02. The van der Waals surface area contributed by atoms with Crippen LogP contribution >= 0.6 is 0 Å². The molecule has 3 nitrogen and oxygen atoms in total. The molecule has 4 atom stereocenters. The highest BCUT2D eigenvalue weighted by atomic mass is 19.4. The molecule has 0 amide bonds. The second-order valence-electron chi connectivity index (χ2n) is 10.7. The van der Waals surface area contributed by atoms with Gasteiger partial charge in [-0.25, -0.2) is 0 Å². The van der Waals surface area contributed by atoms with Crippen LogP contribution in [0.1, 0.15) is 75.1 Å². The van der Waals surface area contributed by atoms with E-state index < -0.39 is 65.1 Å². The van der Waals surface area contributed by atoms with Crippen molar-refractivity contribution >= 4 is 0 Å². The first-order chi connectivity index (χ1) is 18.6. The molecule has 3 aliphatic rings. The molecule has 0 aromatic heterocycles. The first-order valence-electron chi connectivity index (χ1n) is 13.4. The zero-order valence-corrected chi connectivity index (χ0v) is 22.0. The van der Waals surface area contributed by atoms with Crippen molar-refractivity contribution in [3.8, 4) is 0 Å². The fraction of sp³-hybridized carbons (Fsp3) is 0.643. The van der Waals surface area contributed by atoms with Crippen molar-refractivity contribution < 1.29 is 49.0 Å². The number of benzene rings is 1. The van der Waals surface area contributed by atoms with Crippen molar-refractivity contribution in [2.45, 2.75) is 95.6 Å².